The molecule has 0 aliphatic heterocycles. The molecule has 0 amide bonds. The van der Waals surface area contributed by atoms with Crippen molar-refractivity contribution in [2.75, 3.05) is 0 Å². The van der Waals surface area contributed by atoms with Crippen molar-refractivity contribution >= 4 is 23.2 Å². The van der Waals surface area contributed by atoms with E-state index in [1.165, 1.54) is 18.2 Å². The van der Waals surface area contributed by atoms with Crippen LogP contribution in [-0.2, 0) is 0 Å². The van der Waals surface area contributed by atoms with Crippen molar-refractivity contribution in [2.45, 2.75) is 0 Å². The van der Waals surface area contributed by atoms with Gasteiger partial charge in [0.2, 0.25) is 0 Å². The zero-order valence-electron chi connectivity index (χ0n) is 5.98. The number of ether oxygens (including phenoxy) is 1. The lowest BCUT2D eigenvalue weighted by Gasteiger charge is -2.02. The van der Waals surface area contributed by atoms with Gasteiger partial charge in [-0.25, -0.2) is 0 Å². The van der Waals surface area contributed by atoms with E-state index in [0.29, 0.717) is 10.0 Å². The van der Waals surface area contributed by atoms with E-state index in [2.05, 4.69) is 11.3 Å². The predicted molar refractivity (Wildman–Crippen MR) is 47.3 cm³/mol. The SMILES string of the molecule is C=C(F)Oc1ccc(Cl)c(Cl)c1. The standard InChI is InChI=1S/C8H5Cl2FO/c1-5(11)12-6-2-3-7(9)8(10)4-6/h2-4H,1H2. The van der Waals surface area contributed by atoms with Gasteiger partial charge in [0.15, 0.2) is 0 Å². The van der Waals surface area contributed by atoms with Crippen LogP contribution < -0.4 is 4.74 Å². The Labute approximate surface area is 79.4 Å². The fourth-order valence-electron chi connectivity index (χ4n) is 0.668. The fourth-order valence-corrected chi connectivity index (χ4v) is 0.956. The summed E-state index contributed by atoms with van der Waals surface area (Å²) in [6.07, 6.45) is 0. The van der Waals surface area contributed by atoms with Crippen LogP contribution >= 0.6 is 23.2 Å². The average Bonchev–Trinajstić information content (AvgIpc) is 1.96. The van der Waals surface area contributed by atoms with Crippen molar-refractivity contribution in [3.63, 3.8) is 0 Å². The first-order valence-corrected chi connectivity index (χ1v) is 3.82. The van der Waals surface area contributed by atoms with Crippen molar-refractivity contribution < 1.29 is 9.13 Å². The second-order valence-electron chi connectivity index (χ2n) is 2.03. The average molecular weight is 207 g/mol. The largest absolute Gasteiger partial charge is 0.432 e. The first-order chi connectivity index (χ1) is 5.59. The Hall–Kier alpha value is -0.730. The van der Waals surface area contributed by atoms with Crippen LogP contribution in [-0.4, -0.2) is 0 Å². The third-order valence-corrected chi connectivity index (χ3v) is 1.86. The van der Waals surface area contributed by atoms with Gasteiger partial charge < -0.3 is 4.74 Å². The topological polar surface area (TPSA) is 9.23 Å². The molecule has 0 radical (unpaired) electrons. The fraction of sp³-hybridized carbons (Fsp3) is 0. The van der Waals surface area contributed by atoms with Crippen LogP contribution in [0.25, 0.3) is 0 Å². The molecule has 4 heteroatoms. The maximum absolute atomic E-state index is 12.1. The number of rotatable bonds is 2. The molecular weight excluding hydrogens is 202 g/mol. The second-order valence-corrected chi connectivity index (χ2v) is 2.85. The Bertz CT molecular complexity index is 312. The molecule has 0 atom stereocenters. The van der Waals surface area contributed by atoms with Gasteiger partial charge in [-0.2, -0.15) is 4.39 Å². The zero-order valence-corrected chi connectivity index (χ0v) is 7.49. The molecule has 1 aromatic carbocycles. The molecule has 12 heavy (non-hydrogen) atoms. The molecule has 0 saturated carbocycles. The molecule has 0 N–H and O–H groups in total. The molecule has 0 aromatic heterocycles. The lowest BCUT2D eigenvalue weighted by Crippen LogP contribution is -1.86. The number of benzene rings is 1. The summed E-state index contributed by atoms with van der Waals surface area (Å²) in [4.78, 5) is 0. The molecule has 0 bridgehead atoms. The minimum atomic E-state index is -0.881. The van der Waals surface area contributed by atoms with Crippen LogP contribution in [0.2, 0.25) is 10.0 Å². The summed E-state index contributed by atoms with van der Waals surface area (Å²) in [6.45, 7) is 2.94. The van der Waals surface area contributed by atoms with E-state index in [4.69, 9.17) is 23.2 Å². The van der Waals surface area contributed by atoms with E-state index in [-0.39, 0.29) is 5.75 Å². The van der Waals surface area contributed by atoms with Gasteiger partial charge in [0.25, 0.3) is 6.01 Å². The first-order valence-electron chi connectivity index (χ1n) is 3.07. The van der Waals surface area contributed by atoms with Gasteiger partial charge in [0.05, 0.1) is 10.0 Å². The molecule has 0 spiro atoms. The highest BCUT2D eigenvalue weighted by Gasteiger charge is 2.00. The number of halogens is 3. The van der Waals surface area contributed by atoms with Gasteiger partial charge in [0.1, 0.15) is 5.75 Å². The molecule has 0 fully saturated rings. The van der Waals surface area contributed by atoms with Gasteiger partial charge in [-0.05, 0) is 18.7 Å². The smallest absolute Gasteiger partial charge is 0.270 e. The van der Waals surface area contributed by atoms with Crippen molar-refractivity contribution in [3.8, 4) is 5.75 Å². The van der Waals surface area contributed by atoms with E-state index in [1.54, 1.807) is 0 Å². The lowest BCUT2D eigenvalue weighted by atomic mass is 10.3. The van der Waals surface area contributed by atoms with Crippen LogP contribution in [0.3, 0.4) is 0 Å². The minimum Gasteiger partial charge on any atom is -0.432 e. The molecule has 1 nitrogen and oxygen atoms in total. The van der Waals surface area contributed by atoms with Crippen LogP contribution in [0, 0.1) is 0 Å². The van der Waals surface area contributed by atoms with Crippen LogP contribution in [0.5, 0.6) is 5.75 Å². The summed E-state index contributed by atoms with van der Waals surface area (Å²) in [7, 11) is 0. The minimum absolute atomic E-state index is 0.275. The summed E-state index contributed by atoms with van der Waals surface area (Å²) in [5.41, 5.74) is 0. The molecule has 0 unspecified atom stereocenters. The third kappa shape index (κ3) is 2.40. The van der Waals surface area contributed by atoms with Gasteiger partial charge in [0, 0.05) is 6.07 Å². The van der Waals surface area contributed by atoms with E-state index in [1.807, 2.05) is 0 Å². The van der Waals surface area contributed by atoms with Gasteiger partial charge in [-0.15, -0.1) is 0 Å². The van der Waals surface area contributed by atoms with Crippen molar-refractivity contribution in [1.29, 1.82) is 0 Å². The highest BCUT2D eigenvalue weighted by Crippen LogP contribution is 2.27. The number of hydrogen-bond acceptors (Lipinski definition) is 1. The van der Waals surface area contributed by atoms with Gasteiger partial charge in [-0.1, -0.05) is 23.2 Å². The molecule has 1 aromatic rings. The van der Waals surface area contributed by atoms with Crippen molar-refractivity contribution in [2.24, 2.45) is 0 Å². The highest BCUT2D eigenvalue weighted by molar-refractivity contribution is 6.42. The molecule has 64 valence electrons. The summed E-state index contributed by atoms with van der Waals surface area (Å²) < 4.78 is 16.7. The Balaban J connectivity index is 2.89. The molecule has 0 saturated heterocycles. The summed E-state index contributed by atoms with van der Waals surface area (Å²) in [6, 6.07) is 3.55. The third-order valence-electron chi connectivity index (χ3n) is 1.12. The Morgan fingerprint density at radius 1 is 1.33 bits per heavy atom. The van der Waals surface area contributed by atoms with E-state index in [9.17, 15) is 4.39 Å². The summed E-state index contributed by atoms with van der Waals surface area (Å²) >= 11 is 11.2. The normalized spacial score (nSPS) is 9.58. The molecule has 1 rings (SSSR count). The monoisotopic (exact) mass is 206 g/mol. The molecule has 0 heterocycles. The van der Waals surface area contributed by atoms with Gasteiger partial charge in [-0.3, -0.25) is 0 Å². The van der Waals surface area contributed by atoms with Crippen molar-refractivity contribution in [3.05, 3.63) is 40.8 Å². The predicted octanol–water partition coefficient (Wildman–Crippen LogP) is 3.81. The molecular formula is C8H5Cl2FO. The summed E-state index contributed by atoms with van der Waals surface area (Å²) in [5.74, 6) is 0.275. The highest BCUT2D eigenvalue weighted by atomic mass is 35.5. The molecule has 0 aliphatic rings. The first kappa shape index (κ1) is 9.36. The number of hydrogen-bond donors (Lipinski definition) is 0. The van der Waals surface area contributed by atoms with Crippen LogP contribution in [0.4, 0.5) is 4.39 Å². The maximum atomic E-state index is 12.1. The van der Waals surface area contributed by atoms with Crippen LogP contribution in [0.15, 0.2) is 30.8 Å². The van der Waals surface area contributed by atoms with E-state index >= 15 is 0 Å². The zero-order chi connectivity index (χ0) is 9.14. The van der Waals surface area contributed by atoms with E-state index < -0.39 is 6.01 Å². The Kier molecular flexibility index (Phi) is 2.95. The Morgan fingerprint density at radius 3 is 2.50 bits per heavy atom. The van der Waals surface area contributed by atoms with Crippen LogP contribution in [0.1, 0.15) is 0 Å². The summed E-state index contributed by atoms with van der Waals surface area (Å²) in [5, 5.41) is 0.712. The van der Waals surface area contributed by atoms with Crippen molar-refractivity contribution in [1.82, 2.24) is 0 Å². The maximum Gasteiger partial charge on any atom is 0.270 e. The van der Waals surface area contributed by atoms with Gasteiger partial charge >= 0.3 is 0 Å². The molecule has 0 aliphatic carbocycles. The Morgan fingerprint density at radius 2 is 2.00 bits per heavy atom. The quantitative estimate of drug-likeness (QED) is 0.670. The second kappa shape index (κ2) is 3.78. The lowest BCUT2D eigenvalue weighted by molar-refractivity contribution is 0.305. The van der Waals surface area contributed by atoms with E-state index in [0.717, 1.165) is 0 Å².